The average molecular weight is 459 g/mol. The molecule has 0 spiro atoms. The maximum absolute atomic E-state index is 12.9. The highest BCUT2D eigenvalue weighted by atomic mass is 16.6. The molecule has 0 bridgehead atoms. The van der Waals surface area contributed by atoms with Crippen LogP contribution in [0.5, 0.6) is 5.88 Å². The second kappa shape index (κ2) is 10.9. The van der Waals surface area contributed by atoms with Crippen LogP contribution in [0.15, 0.2) is 35.2 Å². The number of anilines is 1. The minimum atomic E-state index is -0.804. The maximum Gasteiger partial charge on any atom is 0.413 e. The quantitative estimate of drug-likeness (QED) is 0.585. The molecule has 2 aromatic heterocycles. The topological polar surface area (TPSA) is 133 Å². The molecule has 3 rings (SSSR count). The summed E-state index contributed by atoms with van der Waals surface area (Å²) in [6.45, 7) is 5.03. The standard InChI is InChI=1S/C23H30N4O6/c1-23(2,3)33-22(30)26-19-13-15(8-10-24-19)12-17(25-21(29)16-6-4-5-7-16)18(28)14-31-20-9-11-32-27-20/h8-11,13,16-17H,4-7,12,14H2,1-3H3,(H,25,29)(H,24,26,30). The van der Waals surface area contributed by atoms with E-state index in [2.05, 4.69) is 20.8 Å². The highest BCUT2D eigenvalue weighted by molar-refractivity contribution is 5.91. The van der Waals surface area contributed by atoms with Gasteiger partial charge in [0.2, 0.25) is 5.91 Å². The third kappa shape index (κ3) is 7.89. The summed E-state index contributed by atoms with van der Waals surface area (Å²) in [4.78, 5) is 41.8. The van der Waals surface area contributed by atoms with Crippen molar-refractivity contribution in [3.63, 3.8) is 0 Å². The van der Waals surface area contributed by atoms with Crippen molar-refractivity contribution in [1.82, 2.24) is 15.5 Å². The van der Waals surface area contributed by atoms with Gasteiger partial charge < -0.3 is 19.3 Å². The molecule has 1 unspecified atom stereocenters. The Morgan fingerprint density at radius 1 is 1.21 bits per heavy atom. The number of amides is 2. The highest BCUT2D eigenvalue weighted by Gasteiger charge is 2.28. The summed E-state index contributed by atoms with van der Waals surface area (Å²) >= 11 is 0. The maximum atomic E-state index is 12.9. The predicted molar refractivity (Wildman–Crippen MR) is 119 cm³/mol. The number of Topliss-reactive ketones (excluding diaryl/α,β-unsaturated/α-hetero) is 1. The number of aromatic nitrogens is 2. The molecule has 10 nitrogen and oxygen atoms in total. The number of rotatable bonds is 9. The van der Waals surface area contributed by atoms with E-state index < -0.39 is 17.7 Å². The molecule has 0 saturated heterocycles. The fourth-order valence-electron chi connectivity index (χ4n) is 3.56. The van der Waals surface area contributed by atoms with E-state index in [0.29, 0.717) is 5.56 Å². The monoisotopic (exact) mass is 458 g/mol. The summed E-state index contributed by atoms with van der Waals surface area (Å²) < 4.78 is 15.3. The van der Waals surface area contributed by atoms with Gasteiger partial charge >= 0.3 is 6.09 Å². The molecule has 2 N–H and O–H groups in total. The zero-order valence-electron chi connectivity index (χ0n) is 19.1. The fraction of sp³-hybridized carbons (Fsp3) is 0.522. The van der Waals surface area contributed by atoms with Crippen LogP contribution in [0.3, 0.4) is 0 Å². The molecular formula is C23H30N4O6. The molecule has 1 saturated carbocycles. The summed E-state index contributed by atoms with van der Waals surface area (Å²) in [7, 11) is 0. The van der Waals surface area contributed by atoms with Crippen molar-refractivity contribution < 1.29 is 28.4 Å². The number of hydrogen-bond acceptors (Lipinski definition) is 8. The average Bonchev–Trinajstić information content (AvgIpc) is 3.44. The molecule has 1 aliphatic carbocycles. The van der Waals surface area contributed by atoms with Gasteiger partial charge in [0.05, 0.1) is 6.04 Å². The van der Waals surface area contributed by atoms with E-state index in [4.69, 9.17) is 14.0 Å². The van der Waals surface area contributed by atoms with Crippen molar-refractivity contribution in [3.8, 4) is 5.88 Å². The van der Waals surface area contributed by atoms with E-state index in [9.17, 15) is 14.4 Å². The molecule has 178 valence electrons. The lowest BCUT2D eigenvalue weighted by molar-refractivity contribution is -0.131. The van der Waals surface area contributed by atoms with Crippen LogP contribution < -0.4 is 15.4 Å². The molecule has 33 heavy (non-hydrogen) atoms. The van der Waals surface area contributed by atoms with Gasteiger partial charge in [0.1, 0.15) is 17.7 Å². The van der Waals surface area contributed by atoms with E-state index in [1.165, 1.54) is 18.5 Å². The van der Waals surface area contributed by atoms with E-state index >= 15 is 0 Å². The van der Waals surface area contributed by atoms with Crippen molar-refractivity contribution in [2.75, 3.05) is 11.9 Å². The Kier molecular flexibility index (Phi) is 8.02. The van der Waals surface area contributed by atoms with E-state index in [0.717, 1.165) is 25.7 Å². The zero-order chi connectivity index (χ0) is 23.8. The number of carbonyl (C=O) groups excluding carboxylic acids is 3. The van der Waals surface area contributed by atoms with Crippen LogP contribution >= 0.6 is 0 Å². The highest BCUT2D eigenvalue weighted by Crippen LogP contribution is 2.25. The Bertz CT molecular complexity index is 948. The molecule has 2 amide bonds. The van der Waals surface area contributed by atoms with Crippen LogP contribution in [-0.2, 0) is 20.7 Å². The second-order valence-electron chi connectivity index (χ2n) is 9.02. The molecule has 10 heteroatoms. The summed E-state index contributed by atoms with van der Waals surface area (Å²) in [6.07, 6.45) is 6.11. The van der Waals surface area contributed by atoms with Gasteiger partial charge in [-0.05, 0) is 56.5 Å². The molecule has 0 aromatic carbocycles. The van der Waals surface area contributed by atoms with Gasteiger partial charge in [-0.25, -0.2) is 9.78 Å². The van der Waals surface area contributed by atoms with Crippen molar-refractivity contribution in [3.05, 3.63) is 36.2 Å². The number of carbonyl (C=O) groups is 3. The zero-order valence-corrected chi connectivity index (χ0v) is 19.1. The summed E-state index contributed by atoms with van der Waals surface area (Å²) in [6, 6.07) is 4.06. The van der Waals surface area contributed by atoms with Crippen LogP contribution in [-0.4, -0.2) is 46.2 Å². The lowest BCUT2D eigenvalue weighted by Gasteiger charge is -2.21. The second-order valence-corrected chi connectivity index (χ2v) is 9.02. The number of ketones is 1. The molecular weight excluding hydrogens is 428 g/mol. The first-order valence-corrected chi connectivity index (χ1v) is 11.0. The van der Waals surface area contributed by atoms with Gasteiger partial charge in [-0.15, -0.1) is 0 Å². The van der Waals surface area contributed by atoms with Crippen LogP contribution in [0.4, 0.5) is 10.6 Å². The van der Waals surface area contributed by atoms with Crippen molar-refractivity contribution >= 4 is 23.6 Å². The van der Waals surface area contributed by atoms with Gasteiger partial charge in [-0.1, -0.05) is 12.8 Å². The van der Waals surface area contributed by atoms with E-state index in [1.807, 2.05) is 0 Å². The SMILES string of the molecule is CC(C)(C)OC(=O)Nc1cc(CC(NC(=O)C2CCCC2)C(=O)COc2ccon2)ccn1. The summed E-state index contributed by atoms with van der Waals surface area (Å²) in [5, 5.41) is 9.09. The van der Waals surface area contributed by atoms with E-state index in [1.54, 1.807) is 32.9 Å². The lowest BCUT2D eigenvalue weighted by Crippen LogP contribution is -2.46. The number of nitrogens with zero attached hydrogens (tertiary/aromatic N) is 2. The Labute approximate surface area is 192 Å². The minimum Gasteiger partial charge on any atom is -0.467 e. The fourth-order valence-corrected chi connectivity index (χ4v) is 3.56. The number of hydrogen-bond donors (Lipinski definition) is 2. The van der Waals surface area contributed by atoms with Gasteiger partial charge in [0.25, 0.3) is 5.88 Å². The third-order valence-electron chi connectivity index (χ3n) is 5.10. The molecule has 0 radical (unpaired) electrons. The Hall–Kier alpha value is -3.43. The van der Waals surface area contributed by atoms with Crippen LogP contribution in [0.2, 0.25) is 0 Å². The first kappa shape index (κ1) is 24.2. The Balaban J connectivity index is 1.68. The van der Waals surface area contributed by atoms with E-state index in [-0.39, 0.29) is 42.3 Å². The van der Waals surface area contributed by atoms with Crippen LogP contribution in [0.1, 0.15) is 52.0 Å². The largest absolute Gasteiger partial charge is 0.467 e. The molecule has 1 atom stereocenters. The summed E-state index contributed by atoms with van der Waals surface area (Å²) in [5.74, 6) is -0.0410. The number of ether oxygens (including phenoxy) is 2. The number of pyridine rings is 1. The third-order valence-corrected chi connectivity index (χ3v) is 5.10. The van der Waals surface area contributed by atoms with Crippen molar-refractivity contribution in [1.29, 1.82) is 0 Å². The van der Waals surface area contributed by atoms with Gasteiger partial charge in [-0.2, -0.15) is 0 Å². The smallest absolute Gasteiger partial charge is 0.413 e. The molecule has 0 aliphatic heterocycles. The van der Waals surface area contributed by atoms with Gasteiger partial charge in [0.15, 0.2) is 12.4 Å². The molecule has 1 fully saturated rings. The molecule has 2 aromatic rings. The van der Waals surface area contributed by atoms with Crippen molar-refractivity contribution in [2.24, 2.45) is 5.92 Å². The normalized spacial score (nSPS) is 15.0. The minimum absolute atomic E-state index is 0.0846. The Morgan fingerprint density at radius 2 is 1.97 bits per heavy atom. The van der Waals surface area contributed by atoms with Gasteiger partial charge in [0, 0.05) is 24.6 Å². The number of nitrogens with one attached hydrogen (secondary N) is 2. The van der Waals surface area contributed by atoms with Crippen LogP contribution in [0, 0.1) is 5.92 Å². The predicted octanol–water partition coefficient (Wildman–Crippen LogP) is 3.28. The molecule has 2 heterocycles. The Morgan fingerprint density at radius 3 is 2.64 bits per heavy atom. The first-order chi connectivity index (χ1) is 15.7. The van der Waals surface area contributed by atoms with Gasteiger partial charge in [-0.3, -0.25) is 14.9 Å². The molecule has 1 aliphatic rings. The lowest BCUT2D eigenvalue weighted by atomic mass is 10.0. The summed E-state index contributed by atoms with van der Waals surface area (Å²) in [5.41, 5.74) is 0.0654. The van der Waals surface area contributed by atoms with Crippen molar-refractivity contribution in [2.45, 2.75) is 64.5 Å². The first-order valence-electron chi connectivity index (χ1n) is 11.0. The van der Waals surface area contributed by atoms with Crippen LogP contribution in [0.25, 0.3) is 0 Å².